The number of non-ortho nitro benzene ring substituents is 1. The first kappa shape index (κ1) is 10.6. The highest BCUT2D eigenvalue weighted by atomic mass is 16.6. The van der Waals surface area contributed by atoms with Crippen molar-refractivity contribution in [2.24, 2.45) is 0 Å². The van der Waals surface area contributed by atoms with Crippen molar-refractivity contribution in [1.82, 2.24) is 9.78 Å². The molecule has 0 N–H and O–H groups in total. The quantitative estimate of drug-likeness (QED) is 0.580. The Bertz CT molecular complexity index is 521. The Morgan fingerprint density at radius 3 is 3.06 bits per heavy atom. The van der Waals surface area contributed by atoms with Gasteiger partial charge in [-0.1, -0.05) is 6.07 Å². The molecule has 1 aromatic carbocycles. The van der Waals surface area contributed by atoms with Gasteiger partial charge < -0.3 is 4.74 Å². The van der Waals surface area contributed by atoms with E-state index in [1.807, 2.05) is 6.07 Å². The van der Waals surface area contributed by atoms with Gasteiger partial charge in [0.2, 0.25) is 0 Å². The Morgan fingerprint density at radius 1 is 1.56 bits per heavy atom. The van der Waals surface area contributed by atoms with E-state index in [0.29, 0.717) is 18.5 Å². The molecule has 0 atom stereocenters. The monoisotopic (exact) mass is 221 g/mol. The lowest BCUT2D eigenvalue weighted by Gasteiger charge is -2.01. The van der Waals surface area contributed by atoms with Gasteiger partial charge in [-0.05, 0) is 6.07 Å². The van der Waals surface area contributed by atoms with Crippen LogP contribution in [0.5, 0.6) is 0 Å². The second kappa shape index (κ2) is 4.28. The Morgan fingerprint density at radius 2 is 2.38 bits per heavy atom. The number of benzene rings is 1. The summed E-state index contributed by atoms with van der Waals surface area (Å²) in [6.07, 6.45) is 1.52. The molecular formula is C10H11N3O3. The maximum Gasteiger partial charge on any atom is 0.280 e. The first-order valence-electron chi connectivity index (χ1n) is 4.82. The molecular weight excluding hydrogens is 210 g/mol. The average Bonchev–Trinajstić information content (AvgIpc) is 2.69. The molecule has 16 heavy (non-hydrogen) atoms. The van der Waals surface area contributed by atoms with Gasteiger partial charge in [0.05, 0.1) is 35.2 Å². The molecule has 6 nitrogen and oxygen atoms in total. The smallest absolute Gasteiger partial charge is 0.280 e. The summed E-state index contributed by atoms with van der Waals surface area (Å²) in [6.45, 7) is 1.11. The zero-order valence-electron chi connectivity index (χ0n) is 8.79. The van der Waals surface area contributed by atoms with Gasteiger partial charge in [0.25, 0.3) is 5.69 Å². The molecule has 2 rings (SSSR count). The van der Waals surface area contributed by atoms with Crippen molar-refractivity contribution in [3.05, 3.63) is 34.5 Å². The van der Waals surface area contributed by atoms with Gasteiger partial charge in [-0.25, -0.2) is 0 Å². The molecule has 0 aliphatic rings. The summed E-state index contributed by atoms with van der Waals surface area (Å²) >= 11 is 0. The summed E-state index contributed by atoms with van der Waals surface area (Å²) in [7, 11) is 1.61. The van der Waals surface area contributed by atoms with Crippen molar-refractivity contribution in [1.29, 1.82) is 0 Å². The Labute approximate surface area is 91.6 Å². The van der Waals surface area contributed by atoms with Crippen LogP contribution in [0.25, 0.3) is 10.9 Å². The van der Waals surface area contributed by atoms with Crippen LogP contribution in [0.15, 0.2) is 24.4 Å². The first-order chi connectivity index (χ1) is 7.74. The Hall–Kier alpha value is -1.95. The summed E-state index contributed by atoms with van der Waals surface area (Å²) in [5.41, 5.74) is 0.840. The highest BCUT2D eigenvalue weighted by Gasteiger charge is 2.14. The molecule has 0 spiro atoms. The molecule has 0 saturated carbocycles. The summed E-state index contributed by atoms with van der Waals surface area (Å²) in [5.74, 6) is 0. The van der Waals surface area contributed by atoms with E-state index < -0.39 is 4.92 Å². The molecule has 0 bridgehead atoms. The number of nitro groups is 1. The number of hydrogen-bond donors (Lipinski definition) is 0. The molecule has 6 heteroatoms. The van der Waals surface area contributed by atoms with E-state index in [1.54, 1.807) is 17.9 Å². The zero-order chi connectivity index (χ0) is 11.5. The SMILES string of the molecule is COCCn1ncc2c([N+](=O)[O-])cccc21. The Kier molecular flexibility index (Phi) is 2.82. The highest BCUT2D eigenvalue weighted by Crippen LogP contribution is 2.24. The van der Waals surface area contributed by atoms with E-state index in [-0.39, 0.29) is 5.69 Å². The topological polar surface area (TPSA) is 70.2 Å². The molecule has 1 heterocycles. The molecule has 0 aliphatic carbocycles. The molecule has 1 aromatic heterocycles. The fraction of sp³-hybridized carbons (Fsp3) is 0.300. The number of aromatic nitrogens is 2. The number of methoxy groups -OCH3 is 1. The molecule has 0 fully saturated rings. The predicted octanol–water partition coefficient (Wildman–Crippen LogP) is 1.59. The van der Waals surface area contributed by atoms with E-state index in [9.17, 15) is 10.1 Å². The van der Waals surface area contributed by atoms with E-state index in [2.05, 4.69) is 5.10 Å². The van der Waals surface area contributed by atoms with Gasteiger partial charge >= 0.3 is 0 Å². The summed E-state index contributed by atoms with van der Waals surface area (Å²) in [6, 6.07) is 4.95. The first-order valence-corrected chi connectivity index (χ1v) is 4.82. The van der Waals surface area contributed by atoms with Crippen LogP contribution in [0.2, 0.25) is 0 Å². The molecule has 0 radical (unpaired) electrons. The van der Waals surface area contributed by atoms with E-state index in [1.165, 1.54) is 12.3 Å². The highest BCUT2D eigenvalue weighted by molar-refractivity contribution is 5.87. The normalized spacial score (nSPS) is 10.8. The van der Waals surface area contributed by atoms with Gasteiger partial charge in [-0.3, -0.25) is 14.8 Å². The lowest BCUT2D eigenvalue weighted by atomic mass is 10.2. The van der Waals surface area contributed by atoms with Gasteiger partial charge in [-0.15, -0.1) is 0 Å². The van der Waals surface area contributed by atoms with Crippen LogP contribution in [0.3, 0.4) is 0 Å². The number of hydrogen-bond acceptors (Lipinski definition) is 4. The number of fused-ring (bicyclic) bond motifs is 1. The van der Waals surface area contributed by atoms with Crippen LogP contribution < -0.4 is 0 Å². The van der Waals surface area contributed by atoms with Crippen LogP contribution in [0.4, 0.5) is 5.69 Å². The van der Waals surface area contributed by atoms with Crippen LogP contribution in [-0.2, 0) is 11.3 Å². The molecule has 84 valence electrons. The van der Waals surface area contributed by atoms with Gasteiger partial charge in [0.15, 0.2) is 0 Å². The zero-order valence-corrected chi connectivity index (χ0v) is 8.79. The van der Waals surface area contributed by atoms with Gasteiger partial charge in [-0.2, -0.15) is 5.10 Å². The lowest BCUT2D eigenvalue weighted by molar-refractivity contribution is -0.383. The van der Waals surface area contributed by atoms with E-state index >= 15 is 0 Å². The fourth-order valence-electron chi connectivity index (χ4n) is 1.60. The maximum absolute atomic E-state index is 10.8. The van der Waals surface area contributed by atoms with Crippen LogP contribution in [0, 0.1) is 10.1 Å². The number of rotatable bonds is 4. The fourth-order valence-corrected chi connectivity index (χ4v) is 1.60. The van der Waals surface area contributed by atoms with Crippen molar-refractivity contribution in [2.45, 2.75) is 6.54 Å². The van der Waals surface area contributed by atoms with Gasteiger partial charge in [0, 0.05) is 13.2 Å². The standard InChI is InChI=1S/C10H11N3O3/c1-16-6-5-12-9-3-2-4-10(13(14)15)8(9)7-11-12/h2-4,7H,5-6H2,1H3. The predicted molar refractivity (Wildman–Crippen MR) is 58.3 cm³/mol. The molecule has 0 aliphatic heterocycles. The number of ether oxygens (including phenoxy) is 1. The molecule has 2 aromatic rings. The number of nitro benzene ring substituents is 1. The minimum Gasteiger partial charge on any atom is -0.383 e. The Balaban J connectivity index is 2.48. The summed E-state index contributed by atoms with van der Waals surface area (Å²) in [4.78, 5) is 10.4. The average molecular weight is 221 g/mol. The minimum absolute atomic E-state index is 0.0844. The van der Waals surface area contributed by atoms with Crippen molar-refractivity contribution >= 4 is 16.6 Å². The second-order valence-electron chi connectivity index (χ2n) is 3.33. The van der Waals surface area contributed by atoms with Crippen LogP contribution >= 0.6 is 0 Å². The molecule has 0 amide bonds. The molecule has 0 saturated heterocycles. The third kappa shape index (κ3) is 1.74. The lowest BCUT2D eigenvalue weighted by Crippen LogP contribution is -2.05. The largest absolute Gasteiger partial charge is 0.383 e. The molecule has 0 unspecified atom stereocenters. The van der Waals surface area contributed by atoms with Crippen LogP contribution in [-0.4, -0.2) is 28.4 Å². The van der Waals surface area contributed by atoms with Crippen molar-refractivity contribution in [3.63, 3.8) is 0 Å². The van der Waals surface area contributed by atoms with Crippen LogP contribution in [0.1, 0.15) is 0 Å². The summed E-state index contributed by atoms with van der Waals surface area (Å²) in [5, 5.41) is 15.4. The third-order valence-corrected chi connectivity index (χ3v) is 2.37. The van der Waals surface area contributed by atoms with Gasteiger partial charge in [0.1, 0.15) is 0 Å². The van der Waals surface area contributed by atoms with Crippen molar-refractivity contribution in [2.75, 3.05) is 13.7 Å². The van der Waals surface area contributed by atoms with E-state index in [4.69, 9.17) is 4.74 Å². The van der Waals surface area contributed by atoms with Crippen molar-refractivity contribution in [3.8, 4) is 0 Å². The minimum atomic E-state index is -0.398. The third-order valence-electron chi connectivity index (χ3n) is 2.37. The number of nitrogens with zero attached hydrogens (tertiary/aromatic N) is 3. The second-order valence-corrected chi connectivity index (χ2v) is 3.33. The van der Waals surface area contributed by atoms with E-state index in [0.717, 1.165) is 5.52 Å². The van der Waals surface area contributed by atoms with Crippen molar-refractivity contribution < 1.29 is 9.66 Å². The summed E-state index contributed by atoms with van der Waals surface area (Å²) < 4.78 is 6.65. The maximum atomic E-state index is 10.8.